The Bertz CT molecular complexity index is 495. The lowest BCUT2D eigenvalue weighted by Crippen LogP contribution is -2.36. The summed E-state index contributed by atoms with van der Waals surface area (Å²) in [5.74, 6) is 0. The summed E-state index contributed by atoms with van der Waals surface area (Å²) in [5.41, 5.74) is 7.45. The Morgan fingerprint density at radius 1 is 1.25 bits per heavy atom. The van der Waals surface area contributed by atoms with E-state index in [1.54, 1.807) is 40.1 Å². The molecule has 0 aliphatic heterocycles. The lowest BCUT2D eigenvalue weighted by molar-refractivity contribution is 0.363. The average Bonchev–Trinajstić information content (AvgIpc) is 2.09. The zero-order chi connectivity index (χ0) is 12.5. The van der Waals surface area contributed by atoms with Gasteiger partial charge in [-0.2, -0.15) is 0 Å². The Kier molecular flexibility index (Phi) is 3.57. The SMILES string of the molecule is Cc1ccc(N)c(C)c1S(=O)(=O)NN(C)C. The number of rotatable bonds is 3. The minimum absolute atomic E-state index is 0.251. The van der Waals surface area contributed by atoms with E-state index in [9.17, 15) is 8.42 Å². The molecule has 6 heteroatoms. The number of benzene rings is 1. The van der Waals surface area contributed by atoms with Crippen LogP contribution in [0.25, 0.3) is 0 Å². The highest BCUT2D eigenvalue weighted by atomic mass is 32.2. The molecule has 0 amide bonds. The molecule has 0 aromatic heterocycles. The first kappa shape index (κ1) is 13.0. The summed E-state index contributed by atoms with van der Waals surface area (Å²) in [5, 5.41) is 1.39. The second-order valence-electron chi connectivity index (χ2n) is 3.91. The molecule has 0 atom stereocenters. The number of aryl methyl sites for hydroxylation is 1. The maximum Gasteiger partial charge on any atom is 0.254 e. The van der Waals surface area contributed by atoms with E-state index in [-0.39, 0.29) is 4.90 Å². The first-order chi connectivity index (χ1) is 7.25. The van der Waals surface area contributed by atoms with E-state index in [0.717, 1.165) is 0 Å². The molecular weight excluding hydrogens is 226 g/mol. The van der Waals surface area contributed by atoms with Crippen molar-refractivity contribution in [3.8, 4) is 0 Å². The van der Waals surface area contributed by atoms with Gasteiger partial charge in [0.05, 0.1) is 4.90 Å². The highest BCUT2D eigenvalue weighted by Gasteiger charge is 2.21. The van der Waals surface area contributed by atoms with Crippen LogP contribution in [0, 0.1) is 13.8 Å². The molecule has 0 aliphatic carbocycles. The third-order valence-corrected chi connectivity index (χ3v) is 3.99. The number of hydrazine groups is 1. The Hall–Kier alpha value is -1.11. The fourth-order valence-electron chi connectivity index (χ4n) is 1.54. The van der Waals surface area contributed by atoms with Crippen LogP contribution in [0.2, 0.25) is 0 Å². The Morgan fingerprint density at radius 3 is 2.31 bits per heavy atom. The van der Waals surface area contributed by atoms with Crippen LogP contribution in [0.3, 0.4) is 0 Å². The molecule has 0 bridgehead atoms. The lowest BCUT2D eigenvalue weighted by Gasteiger charge is -2.16. The Morgan fingerprint density at radius 2 is 1.81 bits per heavy atom. The number of anilines is 1. The van der Waals surface area contributed by atoms with Crippen LogP contribution < -0.4 is 10.6 Å². The van der Waals surface area contributed by atoms with Gasteiger partial charge in [0.2, 0.25) is 0 Å². The van der Waals surface area contributed by atoms with Crippen molar-refractivity contribution in [1.82, 2.24) is 9.84 Å². The lowest BCUT2D eigenvalue weighted by atomic mass is 10.1. The topological polar surface area (TPSA) is 75.4 Å². The van der Waals surface area contributed by atoms with Gasteiger partial charge in [0.15, 0.2) is 0 Å². The van der Waals surface area contributed by atoms with E-state index in [2.05, 4.69) is 4.83 Å². The summed E-state index contributed by atoms with van der Waals surface area (Å²) in [6.07, 6.45) is 0. The molecule has 1 aromatic carbocycles. The predicted molar refractivity (Wildman–Crippen MR) is 64.3 cm³/mol. The van der Waals surface area contributed by atoms with E-state index in [0.29, 0.717) is 16.8 Å². The molecule has 5 nitrogen and oxygen atoms in total. The van der Waals surface area contributed by atoms with Gasteiger partial charge in [0.25, 0.3) is 10.0 Å². The van der Waals surface area contributed by atoms with Gasteiger partial charge in [-0.1, -0.05) is 6.07 Å². The molecule has 0 aliphatic rings. The molecule has 0 spiro atoms. The number of nitrogens with zero attached hydrogens (tertiary/aromatic N) is 1. The molecule has 0 saturated heterocycles. The van der Waals surface area contributed by atoms with Crippen molar-refractivity contribution >= 4 is 15.7 Å². The summed E-state index contributed by atoms with van der Waals surface area (Å²) >= 11 is 0. The Labute approximate surface area is 96.3 Å². The van der Waals surface area contributed by atoms with E-state index in [1.165, 1.54) is 5.01 Å². The maximum absolute atomic E-state index is 12.0. The summed E-state index contributed by atoms with van der Waals surface area (Å²) in [7, 11) is -0.308. The van der Waals surface area contributed by atoms with Crippen molar-refractivity contribution in [2.45, 2.75) is 18.7 Å². The zero-order valence-electron chi connectivity index (χ0n) is 9.90. The van der Waals surface area contributed by atoms with Gasteiger partial charge in [-0.3, -0.25) is 0 Å². The average molecular weight is 243 g/mol. The van der Waals surface area contributed by atoms with E-state index in [4.69, 9.17) is 5.73 Å². The number of nitrogen functional groups attached to an aromatic ring is 1. The summed E-state index contributed by atoms with van der Waals surface area (Å²) in [6.45, 7) is 3.45. The van der Waals surface area contributed by atoms with Crippen LogP contribution in [-0.4, -0.2) is 27.5 Å². The van der Waals surface area contributed by atoms with E-state index in [1.807, 2.05) is 0 Å². The van der Waals surface area contributed by atoms with Gasteiger partial charge in [-0.15, -0.1) is 4.83 Å². The van der Waals surface area contributed by atoms with Gasteiger partial charge >= 0.3 is 0 Å². The van der Waals surface area contributed by atoms with Crippen molar-refractivity contribution in [2.75, 3.05) is 19.8 Å². The van der Waals surface area contributed by atoms with Crippen LogP contribution in [-0.2, 0) is 10.0 Å². The number of nitrogens with one attached hydrogen (secondary N) is 1. The monoisotopic (exact) mass is 243 g/mol. The fourth-order valence-corrected chi connectivity index (χ4v) is 3.13. The molecule has 0 radical (unpaired) electrons. The van der Waals surface area contributed by atoms with Crippen molar-refractivity contribution in [3.63, 3.8) is 0 Å². The van der Waals surface area contributed by atoms with Crippen molar-refractivity contribution in [3.05, 3.63) is 23.3 Å². The third-order valence-electron chi connectivity index (χ3n) is 2.22. The first-order valence-electron chi connectivity index (χ1n) is 4.81. The second kappa shape index (κ2) is 4.40. The number of nitrogens with two attached hydrogens (primary N) is 1. The molecule has 16 heavy (non-hydrogen) atoms. The standard InChI is InChI=1S/C10H17N3O2S/c1-7-5-6-9(11)8(2)10(7)16(14,15)12-13(3)4/h5-6,12H,11H2,1-4H3. The fraction of sp³-hybridized carbons (Fsp3) is 0.400. The van der Waals surface area contributed by atoms with Crippen LogP contribution in [0.1, 0.15) is 11.1 Å². The summed E-state index contributed by atoms with van der Waals surface area (Å²) in [6, 6.07) is 3.41. The van der Waals surface area contributed by atoms with Gasteiger partial charge in [-0.05, 0) is 31.0 Å². The molecule has 0 fully saturated rings. The predicted octanol–water partition coefficient (Wildman–Crippen LogP) is 0.641. The van der Waals surface area contributed by atoms with Crippen molar-refractivity contribution in [1.29, 1.82) is 0 Å². The summed E-state index contributed by atoms with van der Waals surface area (Å²) in [4.78, 5) is 2.65. The molecule has 1 aromatic rings. The van der Waals surface area contributed by atoms with Gasteiger partial charge in [0.1, 0.15) is 0 Å². The molecule has 0 saturated carbocycles. The van der Waals surface area contributed by atoms with Gasteiger partial charge in [-0.25, -0.2) is 13.4 Å². The van der Waals surface area contributed by atoms with Crippen molar-refractivity contribution in [2.24, 2.45) is 0 Å². The smallest absolute Gasteiger partial charge is 0.254 e. The molecule has 3 N–H and O–H groups in total. The highest BCUT2D eigenvalue weighted by molar-refractivity contribution is 7.89. The van der Waals surface area contributed by atoms with Crippen LogP contribution in [0.4, 0.5) is 5.69 Å². The van der Waals surface area contributed by atoms with Gasteiger partial charge in [0, 0.05) is 19.8 Å². The van der Waals surface area contributed by atoms with Gasteiger partial charge < -0.3 is 5.73 Å². The first-order valence-corrected chi connectivity index (χ1v) is 6.29. The van der Waals surface area contributed by atoms with Crippen molar-refractivity contribution < 1.29 is 8.42 Å². The molecular formula is C10H17N3O2S. The number of sulfonamides is 1. The minimum atomic E-state index is -3.55. The second-order valence-corrected chi connectivity index (χ2v) is 5.51. The minimum Gasteiger partial charge on any atom is -0.398 e. The van der Waals surface area contributed by atoms with E-state index >= 15 is 0 Å². The quantitative estimate of drug-likeness (QED) is 0.603. The number of hydrogen-bond acceptors (Lipinski definition) is 4. The normalized spacial score (nSPS) is 12.1. The van der Waals surface area contributed by atoms with Crippen LogP contribution in [0.5, 0.6) is 0 Å². The third kappa shape index (κ3) is 2.52. The molecule has 0 unspecified atom stereocenters. The van der Waals surface area contributed by atoms with E-state index < -0.39 is 10.0 Å². The molecule has 90 valence electrons. The van der Waals surface area contributed by atoms with Crippen LogP contribution >= 0.6 is 0 Å². The number of hydrogen-bond donors (Lipinski definition) is 2. The summed E-state index contributed by atoms with van der Waals surface area (Å²) < 4.78 is 24.1. The molecule has 1 rings (SSSR count). The zero-order valence-corrected chi connectivity index (χ0v) is 10.7. The Balaban J connectivity index is 3.38. The highest BCUT2D eigenvalue weighted by Crippen LogP contribution is 2.24. The van der Waals surface area contributed by atoms with Crippen LogP contribution in [0.15, 0.2) is 17.0 Å². The largest absolute Gasteiger partial charge is 0.398 e. The maximum atomic E-state index is 12.0. The molecule has 0 heterocycles.